The molecule has 0 spiro atoms. The molecule has 0 saturated carbocycles. The lowest BCUT2D eigenvalue weighted by molar-refractivity contribution is 0.0979. The first-order valence-corrected chi connectivity index (χ1v) is 7.40. The molecule has 0 bridgehead atoms. The summed E-state index contributed by atoms with van der Waals surface area (Å²) in [5.41, 5.74) is 2.54. The highest BCUT2D eigenvalue weighted by atomic mass is 15.3. The maximum Gasteiger partial charge on any atom is 0.0417 e. The summed E-state index contributed by atoms with van der Waals surface area (Å²) >= 11 is 0. The lowest BCUT2D eigenvalue weighted by Crippen LogP contribution is -2.50. The van der Waals surface area contributed by atoms with Crippen LogP contribution in [0.25, 0.3) is 0 Å². The summed E-state index contributed by atoms with van der Waals surface area (Å²) in [6.07, 6.45) is 3.20. The Morgan fingerprint density at radius 3 is 2.84 bits per heavy atom. The summed E-state index contributed by atoms with van der Waals surface area (Å²) in [6, 6.07) is 5.03. The van der Waals surface area contributed by atoms with Gasteiger partial charge in [0, 0.05) is 57.2 Å². The first kappa shape index (κ1) is 13.0. The van der Waals surface area contributed by atoms with E-state index in [9.17, 15) is 0 Å². The van der Waals surface area contributed by atoms with E-state index in [1.165, 1.54) is 56.9 Å². The van der Waals surface area contributed by atoms with Crippen LogP contribution in [0.1, 0.15) is 17.7 Å². The van der Waals surface area contributed by atoms with Gasteiger partial charge in [-0.25, -0.2) is 0 Å². The van der Waals surface area contributed by atoms with Crippen LogP contribution in [0.4, 0.5) is 0 Å². The second-order valence-corrected chi connectivity index (χ2v) is 5.71. The van der Waals surface area contributed by atoms with Gasteiger partial charge in [0.25, 0.3) is 0 Å². The van der Waals surface area contributed by atoms with Crippen LogP contribution in [0.2, 0.25) is 0 Å². The fourth-order valence-electron chi connectivity index (χ4n) is 3.16. The van der Waals surface area contributed by atoms with Gasteiger partial charge >= 0.3 is 0 Å². The van der Waals surface area contributed by atoms with Crippen molar-refractivity contribution in [3.63, 3.8) is 0 Å². The molecule has 0 amide bonds. The highest BCUT2D eigenvalue weighted by Gasteiger charge is 2.25. The van der Waals surface area contributed by atoms with E-state index in [1.54, 1.807) is 0 Å². The van der Waals surface area contributed by atoms with Crippen molar-refractivity contribution in [1.82, 2.24) is 20.1 Å². The molecule has 0 aromatic carbocycles. The Labute approximate surface area is 115 Å². The highest BCUT2D eigenvalue weighted by Crippen LogP contribution is 2.14. The average molecular weight is 260 g/mol. The van der Waals surface area contributed by atoms with E-state index < -0.39 is 0 Å². The van der Waals surface area contributed by atoms with Crippen molar-refractivity contribution in [2.24, 2.45) is 0 Å². The van der Waals surface area contributed by atoms with E-state index in [0.717, 1.165) is 12.6 Å². The number of aromatic nitrogens is 1. The predicted molar refractivity (Wildman–Crippen MR) is 77.1 cm³/mol. The fraction of sp³-hybridized carbons (Fsp3) is 0.667. The van der Waals surface area contributed by atoms with Gasteiger partial charge in [0.05, 0.1) is 0 Å². The molecule has 19 heavy (non-hydrogen) atoms. The van der Waals surface area contributed by atoms with E-state index in [-0.39, 0.29) is 0 Å². The molecular formula is C15H24N4. The molecule has 1 aromatic heterocycles. The molecule has 0 radical (unpaired) electrons. The third kappa shape index (κ3) is 3.14. The Morgan fingerprint density at radius 1 is 1.32 bits per heavy atom. The maximum absolute atomic E-state index is 4.38. The van der Waals surface area contributed by atoms with Crippen molar-refractivity contribution in [3.05, 3.63) is 29.6 Å². The normalized spacial score (nSPS) is 25.8. The number of hydrogen-bond acceptors (Lipinski definition) is 4. The maximum atomic E-state index is 4.38. The van der Waals surface area contributed by atoms with Gasteiger partial charge in [-0.3, -0.25) is 14.8 Å². The topological polar surface area (TPSA) is 31.4 Å². The molecule has 104 valence electrons. The van der Waals surface area contributed by atoms with Gasteiger partial charge in [-0.1, -0.05) is 6.07 Å². The van der Waals surface area contributed by atoms with Crippen LogP contribution in [-0.4, -0.2) is 60.1 Å². The first-order valence-electron chi connectivity index (χ1n) is 7.40. The van der Waals surface area contributed by atoms with Crippen molar-refractivity contribution in [3.8, 4) is 0 Å². The Balaban J connectivity index is 1.51. The largest absolute Gasteiger partial charge is 0.315 e. The molecule has 3 heterocycles. The summed E-state index contributed by atoms with van der Waals surface area (Å²) in [5, 5.41) is 3.46. The number of nitrogens with one attached hydrogen (secondary N) is 1. The van der Waals surface area contributed by atoms with Gasteiger partial charge < -0.3 is 5.32 Å². The lowest BCUT2D eigenvalue weighted by atomic mass is 10.1. The van der Waals surface area contributed by atoms with Gasteiger partial charge in [0.1, 0.15) is 0 Å². The highest BCUT2D eigenvalue weighted by molar-refractivity contribution is 5.18. The second-order valence-electron chi connectivity index (χ2n) is 5.71. The number of pyridine rings is 1. The van der Waals surface area contributed by atoms with Gasteiger partial charge in [0.15, 0.2) is 0 Å². The van der Waals surface area contributed by atoms with Crippen molar-refractivity contribution in [1.29, 1.82) is 0 Å². The molecule has 1 aromatic rings. The minimum atomic E-state index is 0.780. The number of nitrogens with zero attached hydrogens (tertiary/aromatic N) is 3. The zero-order valence-electron chi connectivity index (χ0n) is 11.8. The van der Waals surface area contributed by atoms with Crippen LogP contribution in [0.3, 0.4) is 0 Å². The Hall–Kier alpha value is -0.970. The molecular weight excluding hydrogens is 236 g/mol. The van der Waals surface area contributed by atoms with Gasteiger partial charge in [0.2, 0.25) is 0 Å². The number of rotatable bonds is 3. The molecule has 2 fully saturated rings. The number of hydrogen-bond donors (Lipinski definition) is 1. The smallest absolute Gasteiger partial charge is 0.0417 e. The Bertz CT molecular complexity index is 406. The molecule has 0 aliphatic carbocycles. The second kappa shape index (κ2) is 5.99. The number of piperazine rings is 1. The molecule has 4 heteroatoms. The van der Waals surface area contributed by atoms with Gasteiger partial charge in [-0.2, -0.15) is 0 Å². The van der Waals surface area contributed by atoms with Crippen LogP contribution in [0.5, 0.6) is 0 Å². The quantitative estimate of drug-likeness (QED) is 0.874. The fourth-order valence-corrected chi connectivity index (χ4v) is 3.16. The van der Waals surface area contributed by atoms with Crippen molar-refractivity contribution >= 4 is 0 Å². The van der Waals surface area contributed by atoms with E-state index >= 15 is 0 Å². The minimum absolute atomic E-state index is 0.780. The summed E-state index contributed by atoms with van der Waals surface area (Å²) < 4.78 is 0. The average Bonchev–Trinajstić information content (AvgIpc) is 2.96. The lowest BCUT2D eigenvalue weighted by Gasteiger charge is -2.37. The Kier molecular flexibility index (Phi) is 4.11. The third-order valence-corrected chi connectivity index (χ3v) is 4.47. The van der Waals surface area contributed by atoms with E-state index in [1.807, 2.05) is 12.3 Å². The monoisotopic (exact) mass is 260 g/mol. The van der Waals surface area contributed by atoms with Crippen LogP contribution in [0, 0.1) is 6.92 Å². The van der Waals surface area contributed by atoms with Crippen LogP contribution in [-0.2, 0) is 6.54 Å². The molecule has 1 N–H and O–H groups in total. The third-order valence-electron chi connectivity index (χ3n) is 4.47. The first-order chi connectivity index (χ1) is 9.33. The summed E-state index contributed by atoms with van der Waals surface area (Å²) in [5.74, 6) is 0. The van der Waals surface area contributed by atoms with E-state index in [0.29, 0.717) is 0 Å². The molecule has 3 rings (SSSR count). The summed E-state index contributed by atoms with van der Waals surface area (Å²) in [6.45, 7) is 10.3. The molecule has 1 atom stereocenters. The molecule has 1 unspecified atom stereocenters. The summed E-state index contributed by atoms with van der Waals surface area (Å²) in [4.78, 5) is 9.59. The molecule has 2 aliphatic rings. The molecule has 2 aliphatic heterocycles. The van der Waals surface area contributed by atoms with E-state index in [4.69, 9.17) is 0 Å². The van der Waals surface area contributed by atoms with Crippen LogP contribution < -0.4 is 5.32 Å². The van der Waals surface area contributed by atoms with Crippen molar-refractivity contribution in [2.75, 3.05) is 39.3 Å². The Morgan fingerprint density at radius 2 is 2.16 bits per heavy atom. The van der Waals surface area contributed by atoms with Gasteiger partial charge in [-0.15, -0.1) is 0 Å². The van der Waals surface area contributed by atoms with Gasteiger partial charge in [-0.05, 0) is 31.5 Å². The number of aryl methyl sites for hydroxylation is 1. The molecule has 2 saturated heterocycles. The predicted octanol–water partition coefficient (Wildman–Crippen LogP) is 0.870. The molecule has 4 nitrogen and oxygen atoms in total. The summed E-state index contributed by atoms with van der Waals surface area (Å²) in [7, 11) is 0. The minimum Gasteiger partial charge on any atom is -0.315 e. The zero-order valence-corrected chi connectivity index (χ0v) is 11.8. The van der Waals surface area contributed by atoms with E-state index in [2.05, 4.69) is 33.1 Å². The standard InChI is InChI=1S/C15H24N4/c1-13-14(3-2-5-17-13)12-18-7-9-19(10-8-18)15-4-6-16-11-15/h2-3,5,15-16H,4,6-12H2,1H3. The zero-order chi connectivity index (χ0) is 13.1. The van der Waals surface area contributed by atoms with Crippen molar-refractivity contribution < 1.29 is 0 Å². The SMILES string of the molecule is Cc1ncccc1CN1CCN(C2CCNC2)CC1. The van der Waals surface area contributed by atoms with Crippen LogP contribution >= 0.6 is 0 Å². The van der Waals surface area contributed by atoms with Crippen LogP contribution in [0.15, 0.2) is 18.3 Å². The van der Waals surface area contributed by atoms with Crippen molar-refractivity contribution in [2.45, 2.75) is 25.9 Å².